The van der Waals surface area contributed by atoms with Crippen LogP contribution in [0.3, 0.4) is 0 Å². The van der Waals surface area contributed by atoms with Crippen molar-refractivity contribution in [2.45, 2.75) is 51.5 Å². The first-order chi connectivity index (χ1) is 7.65. The third-order valence-electron chi connectivity index (χ3n) is 3.05. The number of hydrogen-bond acceptors (Lipinski definition) is 1. The normalized spacial score (nSPS) is 17.6. The van der Waals surface area contributed by atoms with Gasteiger partial charge >= 0.3 is 6.03 Å². The van der Waals surface area contributed by atoms with Crippen molar-refractivity contribution in [3.8, 4) is 0 Å². The van der Waals surface area contributed by atoms with Gasteiger partial charge in [0.25, 0.3) is 0 Å². The summed E-state index contributed by atoms with van der Waals surface area (Å²) >= 11 is 0. The van der Waals surface area contributed by atoms with E-state index in [1.165, 1.54) is 24.8 Å². The zero-order chi connectivity index (χ0) is 12.0. The first kappa shape index (κ1) is 13.1. The molecule has 1 rings (SSSR count). The Bertz CT molecular complexity index is 259. The number of nitrogens with zero attached hydrogens (tertiary/aromatic N) is 1. The van der Waals surface area contributed by atoms with Crippen molar-refractivity contribution in [3.63, 3.8) is 0 Å². The van der Waals surface area contributed by atoms with Crippen LogP contribution in [0.15, 0.2) is 11.6 Å². The van der Waals surface area contributed by atoms with Gasteiger partial charge in [0.15, 0.2) is 0 Å². The van der Waals surface area contributed by atoms with Crippen LogP contribution in [0, 0.1) is 0 Å². The molecule has 1 N–H and O–H groups in total. The highest BCUT2D eigenvalue weighted by molar-refractivity contribution is 5.74. The molecule has 16 heavy (non-hydrogen) atoms. The Balaban J connectivity index is 2.59. The molecule has 0 fully saturated rings. The van der Waals surface area contributed by atoms with E-state index in [2.05, 4.69) is 18.3 Å². The van der Waals surface area contributed by atoms with Gasteiger partial charge in [-0.15, -0.1) is 0 Å². The summed E-state index contributed by atoms with van der Waals surface area (Å²) in [7, 11) is 3.57. The van der Waals surface area contributed by atoms with E-state index in [-0.39, 0.29) is 12.1 Å². The molecule has 1 unspecified atom stereocenters. The second kappa shape index (κ2) is 6.56. The number of allylic oxidation sites excluding steroid dienone is 1. The number of urea groups is 1. The van der Waals surface area contributed by atoms with Gasteiger partial charge in [-0.2, -0.15) is 0 Å². The van der Waals surface area contributed by atoms with Crippen molar-refractivity contribution in [2.24, 2.45) is 0 Å². The number of carbonyl (C=O) groups excluding carboxylic acids is 1. The van der Waals surface area contributed by atoms with Crippen molar-refractivity contribution >= 4 is 6.03 Å². The van der Waals surface area contributed by atoms with Crippen LogP contribution in [0.4, 0.5) is 4.79 Å². The first-order valence-electron chi connectivity index (χ1n) is 6.32. The maximum Gasteiger partial charge on any atom is 0.317 e. The summed E-state index contributed by atoms with van der Waals surface area (Å²) in [6, 6.07) is 0.269. The highest BCUT2D eigenvalue weighted by Crippen LogP contribution is 2.22. The second-order valence-corrected chi connectivity index (χ2v) is 4.71. The van der Waals surface area contributed by atoms with Gasteiger partial charge in [-0.25, -0.2) is 4.79 Å². The summed E-state index contributed by atoms with van der Waals surface area (Å²) in [6.07, 6.45) is 9.36. The van der Waals surface area contributed by atoms with Crippen molar-refractivity contribution in [1.82, 2.24) is 10.2 Å². The zero-order valence-corrected chi connectivity index (χ0v) is 10.8. The summed E-state index contributed by atoms with van der Waals surface area (Å²) in [5.41, 5.74) is 1.43. The lowest BCUT2D eigenvalue weighted by molar-refractivity contribution is 0.213. The van der Waals surface area contributed by atoms with Crippen LogP contribution in [0.1, 0.15) is 45.4 Å². The first-order valence-corrected chi connectivity index (χ1v) is 6.32. The highest BCUT2D eigenvalue weighted by atomic mass is 16.2. The third kappa shape index (κ3) is 3.87. The molecule has 3 heteroatoms. The SMILES string of the molecule is CCCC(NC(=O)N(C)C)C1=CCCCC1. The molecule has 0 spiro atoms. The minimum absolute atomic E-state index is 0.0184. The summed E-state index contributed by atoms with van der Waals surface area (Å²) in [6.45, 7) is 2.16. The number of nitrogens with one attached hydrogen (secondary N) is 1. The van der Waals surface area contributed by atoms with Gasteiger partial charge in [0.2, 0.25) is 0 Å². The van der Waals surface area contributed by atoms with Crippen molar-refractivity contribution in [2.75, 3.05) is 14.1 Å². The van der Waals surface area contributed by atoms with Gasteiger partial charge in [0.05, 0.1) is 6.04 Å². The summed E-state index contributed by atoms with van der Waals surface area (Å²) in [4.78, 5) is 13.3. The number of hydrogen-bond donors (Lipinski definition) is 1. The fraction of sp³-hybridized carbons (Fsp3) is 0.769. The van der Waals surface area contributed by atoms with E-state index in [0.29, 0.717) is 0 Å². The lowest BCUT2D eigenvalue weighted by atomic mass is 9.91. The molecule has 0 saturated carbocycles. The van der Waals surface area contributed by atoms with Crippen LogP contribution >= 0.6 is 0 Å². The van der Waals surface area contributed by atoms with Crippen LogP contribution in [0.5, 0.6) is 0 Å². The molecule has 2 amide bonds. The predicted octanol–water partition coefficient (Wildman–Crippen LogP) is 2.93. The van der Waals surface area contributed by atoms with Gasteiger partial charge in [-0.3, -0.25) is 0 Å². The molecule has 92 valence electrons. The molecule has 0 bridgehead atoms. The lowest BCUT2D eigenvalue weighted by Gasteiger charge is -2.25. The van der Waals surface area contributed by atoms with E-state index in [1.54, 1.807) is 19.0 Å². The second-order valence-electron chi connectivity index (χ2n) is 4.71. The predicted molar refractivity (Wildman–Crippen MR) is 67.5 cm³/mol. The standard InChI is InChI=1S/C13H24N2O/c1-4-8-12(14-13(16)15(2)3)11-9-6-5-7-10-11/h9,12H,4-8,10H2,1-3H3,(H,14,16). The van der Waals surface area contributed by atoms with E-state index in [4.69, 9.17) is 0 Å². The quantitative estimate of drug-likeness (QED) is 0.732. The minimum atomic E-state index is 0.0184. The van der Waals surface area contributed by atoms with Crippen molar-refractivity contribution in [1.29, 1.82) is 0 Å². The fourth-order valence-corrected chi connectivity index (χ4v) is 2.10. The maximum atomic E-state index is 11.7. The van der Waals surface area contributed by atoms with Crippen LogP contribution in [0.2, 0.25) is 0 Å². The molecule has 0 saturated heterocycles. The van der Waals surface area contributed by atoms with E-state index in [1.807, 2.05) is 0 Å². The zero-order valence-electron chi connectivity index (χ0n) is 10.8. The largest absolute Gasteiger partial charge is 0.332 e. The molecule has 0 aliphatic heterocycles. The number of carbonyl (C=O) groups is 1. The third-order valence-corrected chi connectivity index (χ3v) is 3.05. The molecule has 3 nitrogen and oxygen atoms in total. The van der Waals surface area contributed by atoms with Gasteiger partial charge in [-0.05, 0) is 32.1 Å². The molecular weight excluding hydrogens is 200 g/mol. The summed E-state index contributed by atoms with van der Waals surface area (Å²) in [5.74, 6) is 0. The van der Waals surface area contributed by atoms with Gasteiger partial charge < -0.3 is 10.2 Å². The Hall–Kier alpha value is -0.990. The number of rotatable bonds is 4. The topological polar surface area (TPSA) is 32.3 Å². The van der Waals surface area contributed by atoms with Gasteiger partial charge in [0.1, 0.15) is 0 Å². The average Bonchev–Trinajstić information content (AvgIpc) is 2.29. The van der Waals surface area contributed by atoms with Crippen LogP contribution in [-0.4, -0.2) is 31.1 Å². The van der Waals surface area contributed by atoms with Gasteiger partial charge in [0, 0.05) is 14.1 Å². The highest BCUT2D eigenvalue weighted by Gasteiger charge is 2.18. The van der Waals surface area contributed by atoms with Crippen molar-refractivity contribution < 1.29 is 4.79 Å². The molecule has 0 aromatic heterocycles. The Kier molecular flexibility index (Phi) is 5.36. The van der Waals surface area contributed by atoms with E-state index < -0.39 is 0 Å². The smallest absolute Gasteiger partial charge is 0.317 e. The molecule has 0 aromatic carbocycles. The van der Waals surface area contributed by atoms with E-state index in [9.17, 15) is 4.79 Å². The van der Waals surface area contributed by atoms with E-state index >= 15 is 0 Å². The molecule has 0 radical (unpaired) electrons. The summed E-state index contributed by atoms with van der Waals surface area (Å²) < 4.78 is 0. The van der Waals surface area contributed by atoms with Gasteiger partial charge in [-0.1, -0.05) is 25.0 Å². The molecule has 1 aliphatic carbocycles. The van der Waals surface area contributed by atoms with Crippen LogP contribution in [0.25, 0.3) is 0 Å². The average molecular weight is 224 g/mol. The fourth-order valence-electron chi connectivity index (χ4n) is 2.10. The van der Waals surface area contributed by atoms with Crippen LogP contribution < -0.4 is 5.32 Å². The molecule has 0 heterocycles. The molecule has 1 atom stereocenters. The molecule has 1 aliphatic rings. The number of amides is 2. The Morgan fingerprint density at radius 1 is 1.50 bits per heavy atom. The van der Waals surface area contributed by atoms with Crippen molar-refractivity contribution in [3.05, 3.63) is 11.6 Å². The van der Waals surface area contributed by atoms with Crippen LogP contribution in [-0.2, 0) is 0 Å². The Morgan fingerprint density at radius 3 is 2.75 bits per heavy atom. The molecular formula is C13H24N2O. The monoisotopic (exact) mass is 224 g/mol. The summed E-state index contributed by atoms with van der Waals surface area (Å²) in [5, 5.41) is 3.11. The molecule has 0 aromatic rings. The lowest BCUT2D eigenvalue weighted by Crippen LogP contribution is -2.42. The Morgan fingerprint density at radius 2 is 2.25 bits per heavy atom. The Labute approximate surface area is 98.9 Å². The minimum Gasteiger partial charge on any atom is -0.332 e. The van der Waals surface area contributed by atoms with E-state index in [0.717, 1.165) is 19.3 Å². The maximum absolute atomic E-state index is 11.7.